The topological polar surface area (TPSA) is 55.8 Å². The fourth-order valence-electron chi connectivity index (χ4n) is 2.59. The van der Waals surface area contributed by atoms with Crippen LogP contribution in [0.4, 0.5) is 0 Å². The molecule has 5 nitrogen and oxygen atoms in total. The average molecular weight is 313 g/mol. The number of rotatable bonds is 3. The van der Waals surface area contributed by atoms with Crippen molar-refractivity contribution in [2.75, 3.05) is 20.2 Å². The van der Waals surface area contributed by atoms with Crippen molar-refractivity contribution in [3.8, 4) is 5.75 Å². The molecule has 0 bridgehead atoms. The summed E-state index contributed by atoms with van der Waals surface area (Å²) in [6.45, 7) is 8.34. The van der Waals surface area contributed by atoms with Crippen LogP contribution in [-0.2, 0) is 14.8 Å². The molecule has 0 amide bonds. The zero-order valence-electron chi connectivity index (χ0n) is 13.2. The van der Waals surface area contributed by atoms with E-state index in [9.17, 15) is 8.42 Å². The van der Waals surface area contributed by atoms with Gasteiger partial charge in [0.15, 0.2) is 0 Å². The Morgan fingerprint density at radius 1 is 1.14 bits per heavy atom. The predicted octanol–water partition coefficient (Wildman–Crippen LogP) is 2.11. The molecule has 0 saturated carbocycles. The molecule has 1 fully saturated rings. The van der Waals surface area contributed by atoms with E-state index in [0.717, 1.165) is 11.1 Å². The van der Waals surface area contributed by atoms with Gasteiger partial charge in [-0.05, 0) is 51.0 Å². The van der Waals surface area contributed by atoms with Crippen LogP contribution in [0.1, 0.15) is 25.0 Å². The second kappa shape index (κ2) is 5.94. The Morgan fingerprint density at radius 3 is 2.19 bits per heavy atom. The molecule has 0 aromatic heterocycles. The first-order valence-electron chi connectivity index (χ1n) is 7.06. The molecule has 1 aliphatic heterocycles. The molecule has 0 unspecified atom stereocenters. The highest BCUT2D eigenvalue weighted by Gasteiger charge is 2.34. The Kier molecular flexibility index (Phi) is 4.60. The van der Waals surface area contributed by atoms with Gasteiger partial charge in [-0.2, -0.15) is 4.31 Å². The van der Waals surface area contributed by atoms with Gasteiger partial charge in [0, 0.05) is 13.1 Å². The van der Waals surface area contributed by atoms with Gasteiger partial charge in [-0.15, -0.1) is 0 Å². The lowest BCUT2D eigenvalue weighted by Crippen LogP contribution is -2.48. The summed E-state index contributed by atoms with van der Waals surface area (Å²) in [4.78, 5) is 0.231. The van der Waals surface area contributed by atoms with Crippen molar-refractivity contribution < 1.29 is 17.9 Å². The Hall–Kier alpha value is -1.11. The minimum Gasteiger partial charge on any atom is -0.495 e. The fraction of sp³-hybridized carbons (Fsp3) is 0.600. The third-order valence-electron chi connectivity index (χ3n) is 3.78. The summed E-state index contributed by atoms with van der Waals surface area (Å²) in [7, 11) is -2.09. The van der Waals surface area contributed by atoms with E-state index >= 15 is 0 Å². The molecule has 21 heavy (non-hydrogen) atoms. The van der Waals surface area contributed by atoms with Crippen molar-refractivity contribution in [2.24, 2.45) is 0 Å². The molecule has 2 atom stereocenters. The molecule has 6 heteroatoms. The molecule has 1 aromatic carbocycles. The van der Waals surface area contributed by atoms with Crippen molar-refractivity contribution in [1.29, 1.82) is 0 Å². The summed E-state index contributed by atoms with van der Waals surface area (Å²) in [6, 6.07) is 3.46. The van der Waals surface area contributed by atoms with Crippen molar-refractivity contribution in [3.05, 3.63) is 23.3 Å². The number of nitrogens with zero attached hydrogens (tertiary/aromatic N) is 1. The summed E-state index contributed by atoms with van der Waals surface area (Å²) >= 11 is 0. The number of ether oxygens (including phenoxy) is 2. The number of benzene rings is 1. The lowest BCUT2D eigenvalue weighted by molar-refractivity contribution is -0.0441. The van der Waals surface area contributed by atoms with Crippen LogP contribution in [0.5, 0.6) is 5.75 Å². The van der Waals surface area contributed by atoms with E-state index in [1.165, 1.54) is 11.4 Å². The van der Waals surface area contributed by atoms with Crippen LogP contribution < -0.4 is 4.74 Å². The van der Waals surface area contributed by atoms with Crippen molar-refractivity contribution in [2.45, 2.75) is 44.8 Å². The number of methoxy groups -OCH3 is 1. The minimum absolute atomic E-state index is 0.110. The van der Waals surface area contributed by atoms with Crippen molar-refractivity contribution in [1.82, 2.24) is 4.31 Å². The van der Waals surface area contributed by atoms with Crippen molar-refractivity contribution in [3.63, 3.8) is 0 Å². The number of aryl methyl sites for hydroxylation is 2. The summed E-state index contributed by atoms with van der Waals surface area (Å²) in [5.41, 5.74) is 1.94. The van der Waals surface area contributed by atoms with Crippen LogP contribution in [0.2, 0.25) is 0 Å². The highest BCUT2D eigenvalue weighted by atomic mass is 32.2. The second-order valence-electron chi connectivity index (χ2n) is 5.67. The maximum Gasteiger partial charge on any atom is 0.246 e. The molecule has 0 aliphatic carbocycles. The van der Waals surface area contributed by atoms with Crippen LogP contribution in [0.3, 0.4) is 0 Å². The summed E-state index contributed by atoms with van der Waals surface area (Å²) in [5.74, 6) is 0.393. The van der Waals surface area contributed by atoms with Crippen LogP contribution in [0.25, 0.3) is 0 Å². The molecule has 1 heterocycles. The first kappa shape index (κ1) is 16.3. The second-order valence-corrected chi connectivity index (χ2v) is 7.57. The van der Waals surface area contributed by atoms with Gasteiger partial charge in [0.2, 0.25) is 10.0 Å². The van der Waals surface area contributed by atoms with Gasteiger partial charge in [-0.25, -0.2) is 8.42 Å². The number of hydrogen-bond donors (Lipinski definition) is 0. The number of sulfonamides is 1. The van der Waals surface area contributed by atoms with Crippen LogP contribution >= 0.6 is 0 Å². The van der Waals surface area contributed by atoms with Gasteiger partial charge in [-0.1, -0.05) is 0 Å². The standard InChI is InChI=1S/C15H23NO4S/c1-10-6-14(19-5)15(7-11(10)2)21(17,18)16-8-12(3)20-13(4)9-16/h6-7,12-13H,8-9H2,1-5H3/t12-,13-/m1/s1. The van der Waals surface area contributed by atoms with Crippen LogP contribution in [0.15, 0.2) is 17.0 Å². The predicted molar refractivity (Wildman–Crippen MR) is 81.2 cm³/mol. The Labute approximate surface area is 126 Å². The van der Waals surface area contributed by atoms with Gasteiger partial charge in [0.05, 0.1) is 19.3 Å². The van der Waals surface area contributed by atoms with Gasteiger partial charge >= 0.3 is 0 Å². The summed E-state index contributed by atoms with van der Waals surface area (Å²) in [6.07, 6.45) is -0.220. The van der Waals surface area contributed by atoms with Crippen LogP contribution in [-0.4, -0.2) is 45.1 Å². The third-order valence-corrected chi connectivity index (χ3v) is 5.64. The highest BCUT2D eigenvalue weighted by Crippen LogP contribution is 2.31. The summed E-state index contributed by atoms with van der Waals surface area (Å²) < 4.78 is 38.2. The molecule has 0 N–H and O–H groups in total. The molecular formula is C15H23NO4S. The van der Waals surface area contributed by atoms with E-state index in [1.807, 2.05) is 27.7 Å². The van der Waals surface area contributed by atoms with E-state index in [-0.39, 0.29) is 17.1 Å². The Morgan fingerprint density at radius 2 is 1.67 bits per heavy atom. The lowest BCUT2D eigenvalue weighted by Gasteiger charge is -2.34. The molecule has 1 aliphatic rings. The maximum atomic E-state index is 12.9. The first-order chi connectivity index (χ1) is 9.75. The van der Waals surface area contributed by atoms with Gasteiger partial charge < -0.3 is 9.47 Å². The monoisotopic (exact) mass is 313 g/mol. The Bertz CT molecular complexity index is 617. The fourth-order valence-corrected chi connectivity index (χ4v) is 4.40. The average Bonchev–Trinajstić information content (AvgIpc) is 2.40. The molecule has 0 spiro atoms. The zero-order valence-corrected chi connectivity index (χ0v) is 14.0. The van der Waals surface area contributed by atoms with Gasteiger partial charge in [0.1, 0.15) is 10.6 Å². The van der Waals surface area contributed by atoms with E-state index in [0.29, 0.717) is 18.8 Å². The smallest absolute Gasteiger partial charge is 0.246 e. The highest BCUT2D eigenvalue weighted by molar-refractivity contribution is 7.89. The van der Waals surface area contributed by atoms with Gasteiger partial charge in [0.25, 0.3) is 0 Å². The zero-order chi connectivity index (χ0) is 15.8. The number of hydrogen-bond acceptors (Lipinski definition) is 4. The Balaban J connectivity index is 2.46. The quantitative estimate of drug-likeness (QED) is 0.857. The van der Waals surface area contributed by atoms with E-state index < -0.39 is 10.0 Å². The van der Waals surface area contributed by atoms with Gasteiger partial charge in [-0.3, -0.25) is 0 Å². The molecule has 118 valence electrons. The normalized spacial score (nSPS) is 24.0. The van der Waals surface area contributed by atoms with Crippen LogP contribution in [0, 0.1) is 13.8 Å². The first-order valence-corrected chi connectivity index (χ1v) is 8.50. The minimum atomic E-state index is -3.58. The third kappa shape index (κ3) is 3.22. The maximum absolute atomic E-state index is 12.9. The largest absolute Gasteiger partial charge is 0.495 e. The molecule has 1 aromatic rings. The van der Waals surface area contributed by atoms with E-state index in [2.05, 4.69) is 0 Å². The lowest BCUT2D eigenvalue weighted by atomic mass is 10.1. The van der Waals surface area contributed by atoms with E-state index in [4.69, 9.17) is 9.47 Å². The molecule has 0 radical (unpaired) electrons. The molecule has 1 saturated heterocycles. The SMILES string of the molecule is COc1cc(C)c(C)cc1S(=O)(=O)N1C[C@@H](C)O[C@H](C)C1. The summed E-state index contributed by atoms with van der Waals surface area (Å²) in [5, 5.41) is 0. The molecule has 2 rings (SSSR count). The number of morpholine rings is 1. The molecular weight excluding hydrogens is 290 g/mol. The van der Waals surface area contributed by atoms with E-state index in [1.54, 1.807) is 12.1 Å². The van der Waals surface area contributed by atoms with Crippen molar-refractivity contribution >= 4 is 10.0 Å².